The Balaban J connectivity index is 4.02. The first-order valence-corrected chi connectivity index (χ1v) is 18.6. The van der Waals surface area contributed by atoms with E-state index in [-0.39, 0.29) is 12.8 Å². The van der Waals surface area contributed by atoms with Crippen molar-refractivity contribution >= 4 is 25.7 Å². The number of aliphatic carboxylic acids is 1. The van der Waals surface area contributed by atoms with Crippen molar-refractivity contribution in [2.75, 3.05) is 19.8 Å². The lowest BCUT2D eigenvalue weighted by molar-refractivity contribution is -0.147. The maximum atomic E-state index is 12.2. The van der Waals surface area contributed by atoms with Crippen LogP contribution in [0.4, 0.5) is 0 Å². The molecule has 0 aliphatic rings. The highest BCUT2D eigenvalue weighted by Gasteiger charge is 2.28. The molecule has 0 aliphatic carbocycles. The molecule has 12 heteroatoms. The van der Waals surface area contributed by atoms with Gasteiger partial charge in [-0.3, -0.25) is 18.6 Å². The molecule has 0 radical (unpaired) electrons. The molecule has 0 saturated heterocycles. The van der Waals surface area contributed by atoms with Crippen LogP contribution in [0.2, 0.25) is 0 Å². The van der Waals surface area contributed by atoms with Crippen LogP contribution in [0, 0.1) is 0 Å². The van der Waals surface area contributed by atoms with Crippen LogP contribution in [0.1, 0.15) is 155 Å². The number of aliphatic hydroxyl groups is 1. The first-order chi connectivity index (χ1) is 21.1. The van der Waals surface area contributed by atoms with E-state index in [4.69, 9.17) is 13.8 Å². The van der Waals surface area contributed by atoms with Crippen LogP contribution >= 0.6 is 7.82 Å². The minimum atomic E-state index is -4.73. The molecule has 0 spiro atoms. The molecule has 0 saturated carbocycles. The topological polar surface area (TPSA) is 169 Å². The maximum absolute atomic E-state index is 12.2. The Kier molecular flexibility index (Phi) is 27.9. The largest absolute Gasteiger partial charge is 0.480 e. The second-order valence-corrected chi connectivity index (χ2v) is 13.2. The highest BCUT2D eigenvalue weighted by atomic mass is 31.2. The lowest BCUT2D eigenvalue weighted by atomic mass is 10.1. The number of carbonyl (C=O) groups excluding carboxylic acids is 2. The average molecular weight is 652 g/mol. The number of carbonyl (C=O) groups is 3. The summed E-state index contributed by atoms with van der Waals surface area (Å²) in [4.78, 5) is 45.4. The highest BCUT2D eigenvalue weighted by Crippen LogP contribution is 2.43. The van der Waals surface area contributed by atoms with E-state index in [2.05, 4.69) is 19.2 Å². The van der Waals surface area contributed by atoms with E-state index in [1.807, 2.05) is 0 Å². The predicted molar refractivity (Wildman–Crippen MR) is 171 cm³/mol. The van der Waals surface area contributed by atoms with Gasteiger partial charge in [-0.25, -0.2) is 9.36 Å². The Hall–Kier alpha value is -1.52. The number of hydrogen-bond donors (Lipinski definition) is 4. The van der Waals surface area contributed by atoms with Crippen molar-refractivity contribution in [1.29, 1.82) is 0 Å². The number of ether oxygens (including phenoxy) is 1. The van der Waals surface area contributed by atoms with Gasteiger partial charge in [-0.1, -0.05) is 129 Å². The quantitative estimate of drug-likeness (QED) is 0.0331. The first-order valence-electron chi connectivity index (χ1n) is 17.1. The van der Waals surface area contributed by atoms with Crippen LogP contribution in [0.3, 0.4) is 0 Å². The van der Waals surface area contributed by atoms with Crippen LogP contribution in [0.25, 0.3) is 0 Å². The zero-order valence-electron chi connectivity index (χ0n) is 27.5. The number of nitrogens with one attached hydrogen (secondary N) is 1. The van der Waals surface area contributed by atoms with E-state index < -0.39 is 57.6 Å². The van der Waals surface area contributed by atoms with Crippen molar-refractivity contribution in [2.45, 2.75) is 167 Å². The number of phosphoric acid groups is 1. The molecule has 0 aromatic rings. The van der Waals surface area contributed by atoms with Crippen LogP contribution in [-0.4, -0.2) is 64.9 Å². The summed E-state index contributed by atoms with van der Waals surface area (Å²) in [6, 6.07) is -1.54. The summed E-state index contributed by atoms with van der Waals surface area (Å²) in [5, 5.41) is 21.6. The third-order valence-electron chi connectivity index (χ3n) is 7.40. The van der Waals surface area contributed by atoms with Crippen molar-refractivity contribution in [1.82, 2.24) is 5.32 Å². The van der Waals surface area contributed by atoms with Crippen molar-refractivity contribution in [3.8, 4) is 0 Å². The maximum Gasteiger partial charge on any atom is 0.472 e. The molecule has 0 aromatic heterocycles. The fourth-order valence-electron chi connectivity index (χ4n) is 4.67. The van der Waals surface area contributed by atoms with Gasteiger partial charge in [-0.2, -0.15) is 0 Å². The van der Waals surface area contributed by atoms with Gasteiger partial charge < -0.3 is 25.2 Å². The Bertz CT molecular complexity index is 782. The van der Waals surface area contributed by atoms with Gasteiger partial charge in [-0.15, -0.1) is 0 Å². The second kappa shape index (κ2) is 28.9. The zero-order chi connectivity index (χ0) is 32.9. The number of hydrogen-bond acceptors (Lipinski definition) is 8. The summed E-state index contributed by atoms with van der Waals surface area (Å²) in [7, 11) is -4.73. The van der Waals surface area contributed by atoms with Crippen LogP contribution in [0.5, 0.6) is 0 Å². The molecule has 11 nitrogen and oxygen atoms in total. The molecule has 260 valence electrons. The number of amides is 1. The minimum absolute atomic E-state index is 0.151. The molecule has 3 unspecified atom stereocenters. The summed E-state index contributed by atoms with van der Waals surface area (Å²) in [6.45, 7) is 2.52. The molecular weight excluding hydrogens is 589 g/mol. The molecule has 4 N–H and O–H groups in total. The van der Waals surface area contributed by atoms with Crippen LogP contribution < -0.4 is 5.32 Å². The molecule has 0 rings (SSSR count). The van der Waals surface area contributed by atoms with Crippen LogP contribution in [-0.2, 0) is 32.7 Å². The van der Waals surface area contributed by atoms with Crippen molar-refractivity contribution < 1.29 is 47.8 Å². The zero-order valence-corrected chi connectivity index (χ0v) is 28.4. The number of rotatable bonds is 32. The van der Waals surface area contributed by atoms with Crippen molar-refractivity contribution in [2.24, 2.45) is 0 Å². The van der Waals surface area contributed by atoms with Gasteiger partial charge in [0.1, 0.15) is 12.7 Å². The fourth-order valence-corrected chi connectivity index (χ4v) is 5.44. The number of carboxylic acids is 1. The van der Waals surface area contributed by atoms with Gasteiger partial charge in [0, 0.05) is 12.8 Å². The van der Waals surface area contributed by atoms with Gasteiger partial charge in [0.15, 0.2) is 6.04 Å². The molecule has 0 bridgehead atoms. The Morgan fingerprint density at radius 3 is 1.50 bits per heavy atom. The van der Waals surface area contributed by atoms with E-state index in [1.165, 1.54) is 77.0 Å². The van der Waals surface area contributed by atoms with E-state index in [0.29, 0.717) is 12.8 Å². The summed E-state index contributed by atoms with van der Waals surface area (Å²) < 4.78 is 26.6. The molecule has 1 amide bonds. The number of carboxylic acid groups (broad SMARTS) is 1. The van der Waals surface area contributed by atoms with Crippen molar-refractivity contribution in [3.63, 3.8) is 0 Å². The standard InChI is InChI=1S/C32H62NO10P/c1-3-5-7-9-11-13-14-16-17-19-21-23-30(35)33-29(32(37)38)27-43-44(39,40)42-26-28(34)25-41-31(36)24-22-20-18-15-12-10-8-6-4-2/h28-29,34H,3-27H2,1-2H3,(H,33,35)(H,37,38)(H,39,40). The summed E-state index contributed by atoms with van der Waals surface area (Å²) in [6.07, 6.45) is 21.5. The molecule has 0 aliphatic heterocycles. The lowest BCUT2D eigenvalue weighted by Gasteiger charge is -2.18. The van der Waals surface area contributed by atoms with Crippen LogP contribution in [0.15, 0.2) is 0 Å². The number of aliphatic hydroxyl groups excluding tert-OH is 1. The SMILES string of the molecule is CCCCCCCCCCCCCC(=O)NC(COP(=O)(O)OCC(O)COC(=O)CCCCCCCCCCC)C(=O)O. The fraction of sp³-hybridized carbons (Fsp3) is 0.906. The normalized spacial score (nSPS) is 14.1. The second-order valence-electron chi connectivity index (χ2n) is 11.7. The number of phosphoric ester groups is 1. The minimum Gasteiger partial charge on any atom is -0.480 e. The molecule has 3 atom stereocenters. The van der Waals surface area contributed by atoms with Crippen molar-refractivity contribution in [3.05, 3.63) is 0 Å². The van der Waals surface area contributed by atoms with Gasteiger partial charge in [0.05, 0.1) is 13.2 Å². The lowest BCUT2D eigenvalue weighted by Crippen LogP contribution is -2.43. The first kappa shape index (κ1) is 42.5. The van der Waals surface area contributed by atoms with E-state index >= 15 is 0 Å². The van der Waals surface area contributed by atoms with E-state index in [9.17, 15) is 34.1 Å². The third kappa shape index (κ3) is 28.0. The van der Waals surface area contributed by atoms with Gasteiger partial charge in [-0.05, 0) is 12.8 Å². The average Bonchev–Trinajstić information content (AvgIpc) is 2.99. The number of esters is 1. The third-order valence-corrected chi connectivity index (χ3v) is 8.35. The molecular formula is C32H62NO10P. The van der Waals surface area contributed by atoms with E-state index in [1.54, 1.807) is 0 Å². The predicted octanol–water partition coefficient (Wildman–Crippen LogP) is 7.22. The Morgan fingerprint density at radius 2 is 1.05 bits per heavy atom. The molecule has 44 heavy (non-hydrogen) atoms. The highest BCUT2D eigenvalue weighted by molar-refractivity contribution is 7.47. The van der Waals surface area contributed by atoms with Gasteiger partial charge in [0.2, 0.25) is 5.91 Å². The monoisotopic (exact) mass is 651 g/mol. The van der Waals surface area contributed by atoms with Gasteiger partial charge >= 0.3 is 19.8 Å². The molecule has 0 aromatic carbocycles. The molecule has 0 heterocycles. The smallest absolute Gasteiger partial charge is 0.472 e. The molecule has 0 fully saturated rings. The Morgan fingerprint density at radius 1 is 0.636 bits per heavy atom. The summed E-state index contributed by atoms with van der Waals surface area (Å²) in [5.74, 6) is -2.37. The summed E-state index contributed by atoms with van der Waals surface area (Å²) in [5.41, 5.74) is 0. The number of unbranched alkanes of at least 4 members (excludes halogenated alkanes) is 18. The van der Waals surface area contributed by atoms with Gasteiger partial charge in [0.25, 0.3) is 0 Å². The van der Waals surface area contributed by atoms with E-state index in [0.717, 1.165) is 38.5 Å². The summed E-state index contributed by atoms with van der Waals surface area (Å²) >= 11 is 0. The Labute approximate surface area is 265 Å².